The highest BCUT2D eigenvalue weighted by atomic mass is 16.6. The van der Waals surface area contributed by atoms with Crippen molar-refractivity contribution in [1.82, 2.24) is 5.32 Å². The lowest BCUT2D eigenvalue weighted by Crippen LogP contribution is -2.17. The van der Waals surface area contributed by atoms with Gasteiger partial charge in [-0.05, 0) is 43.3 Å². The van der Waals surface area contributed by atoms with Crippen LogP contribution in [0, 0.1) is 16.0 Å². The molecule has 4 nitrogen and oxygen atoms in total. The van der Waals surface area contributed by atoms with Gasteiger partial charge in [-0.1, -0.05) is 19.1 Å². The number of rotatable bonds is 6. The van der Waals surface area contributed by atoms with Crippen LogP contribution in [0.3, 0.4) is 0 Å². The highest BCUT2D eigenvalue weighted by molar-refractivity contribution is 5.38. The highest BCUT2D eigenvalue weighted by Crippen LogP contribution is 2.47. The minimum atomic E-state index is -0.323. The van der Waals surface area contributed by atoms with Crippen molar-refractivity contribution >= 4 is 5.69 Å². The zero-order valence-corrected chi connectivity index (χ0v) is 10.1. The molecule has 1 N–H and O–H groups in total. The number of nitrogens with one attached hydrogen (secondary N) is 1. The highest BCUT2D eigenvalue weighted by Gasteiger charge is 2.38. The van der Waals surface area contributed by atoms with Gasteiger partial charge in [0.2, 0.25) is 0 Å². The average molecular weight is 234 g/mol. The standard InChI is InChI=1S/C13H18N2O2/c1-2-6-14-9-11-8-13(11)10-4-3-5-12(7-10)15(16)17/h3-5,7,11,13-14H,2,6,8-9H2,1H3. The van der Waals surface area contributed by atoms with Crippen LogP contribution in [-0.4, -0.2) is 18.0 Å². The predicted octanol–water partition coefficient (Wildman–Crippen LogP) is 2.70. The number of nitrogens with zero attached hydrogens (tertiary/aromatic N) is 1. The molecule has 1 aliphatic carbocycles. The average Bonchev–Trinajstić information content (AvgIpc) is 3.09. The van der Waals surface area contributed by atoms with E-state index in [1.165, 1.54) is 0 Å². The van der Waals surface area contributed by atoms with Crippen molar-refractivity contribution in [3.8, 4) is 0 Å². The second-order valence-electron chi connectivity index (χ2n) is 4.66. The molecule has 1 saturated carbocycles. The molecule has 4 heteroatoms. The first-order valence-corrected chi connectivity index (χ1v) is 6.17. The maximum atomic E-state index is 10.7. The topological polar surface area (TPSA) is 55.2 Å². The van der Waals surface area contributed by atoms with Gasteiger partial charge in [0.1, 0.15) is 0 Å². The second kappa shape index (κ2) is 5.27. The van der Waals surface area contributed by atoms with E-state index in [4.69, 9.17) is 0 Å². The molecule has 92 valence electrons. The number of nitro groups is 1. The van der Waals surface area contributed by atoms with E-state index in [2.05, 4.69) is 12.2 Å². The van der Waals surface area contributed by atoms with Crippen molar-refractivity contribution in [1.29, 1.82) is 0 Å². The summed E-state index contributed by atoms with van der Waals surface area (Å²) in [5.74, 6) is 1.17. The van der Waals surface area contributed by atoms with Crippen LogP contribution in [0.4, 0.5) is 5.69 Å². The lowest BCUT2D eigenvalue weighted by Gasteiger charge is -2.02. The van der Waals surface area contributed by atoms with Gasteiger partial charge >= 0.3 is 0 Å². The SMILES string of the molecule is CCCNCC1CC1c1cccc([N+](=O)[O-])c1. The Morgan fingerprint density at radius 1 is 1.53 bits per heavy atom. The lowest BCUT2D eigenvalue weighted by atomic mass is 10.1. The van der Waals surface area contributed by atoms with Gasteiger partial charge in [0.05, 0.1) is 4.92 Å². The molecule has 0 amide bonds. The summed E-state index contributed by atoms with van der Waals surface area (Å²) in [6.45, 7) is 4.23. The smallest absolute Gasteiger partial charge is 0.269 e. The van der Waals surface area contributed by atoms with Gasteiger partial charge in [-0.3, -0.25) is 10.1 Å². The van der Waals surface area contributed by atoms with E-state index in [0.717, 1.165) is 31.5 Å². The van der Waals surface area contributed by atoms with Crippen LogP contribution in [0.5, 0.6) is 0 Å². The Morgan fingerprint density at radius 3 is 3.06 bits per heavy atom. The van der Waals surface area contributed by atoms with Gasteiger partial charge in [0.25, 0.3) is 5.69 Å². The fraction of sp³-hybridized carbons (Fsp3) is 0.538. The molecule has 0 aromatic heterocycles. The maximum absolute atomic E-state index is 10.7. The van der Waals surface area contributed by atoms with E-state index in [0.29, 0.717) is 11.8 Å². The van der Waals surface area contributed by atoms with Crippen LogP contribution in [0.15, 0.2) is 24.3 Å². The number of non-ortho nitro benzene ring substituents is 1. The fourth-order valence-electron chi connectivity index (χ4n) is 2.21. The summed E-state index contributed by atoms with van der Waals surface area (Å²) in [6, 6.07) is 7.04. The molecule has 1 aliphatic rings. The minimum absolute atomic E-state index is 0.203. The predicted molar refractivity (Wildman–Crippen MR) is 67.1 cm³/mol. The Morgan fingerprint density at radius 2 is 2.35 bits per heavy atom. The van der Waals surface area contributed by atoms with Crippen molar-refractivity contribution < 1.29 is 4.92 Å². The van der Waals surface area contributed by atoms with E-state index in [9.17, 15) is 10.1 Å². The monoisotopic (exact) mass is 234 g/mol. The van der Waals surface area contributed by atoms with Crippen LogP contribution < -0.4 is 5.32 Å². The molecule has 0 saturated heterocycles. The first-order chi connectivity index (χ1) is 8.22. The van der Waals surface area contributed by atoms with Crippen LogP contribution in [0.1, 0.15) is 31.2 Å². The Kier molecular flexibility index (Phi) is 3.74. The van der Waals surface area contributed by atoms with Gasteiger partial charge in [-0.25, -0.2) is 0 Å². The zero-order valence-electron chi connectivity index (χ0n) is 10.1. The molecular weight excluding hydrogens is 216 g/mol. The maximum Gasteiger partial charge on any atom is 0.269 e. The molecule has 1 fully saturated rings. The molecule has 0 aliphatic heterocycles. The van der Waals surface area contributed by atoms with E-state index >= 15 is 0 Å². The van der Waals surface area contributed by atoms with Crippen molar-refractivity contribution in [3.63, 3.8) is 0 Å². The second-order valence-corrected chi connectivity index (χ2v) is 4.66. The minimum Gasteiger partial charge on any atom is -0.316 e. The van der Waals surface area contributed by atoms with Crippen LogP contribution in [0.2, 0.25) is 0 Å². The van der Waals surface area contributed by atoms with E-state index in [1.54, 1.807) is 18.2 Å². The van der Waals surface area contributed by atoms with Crippen molar-refractivity contribution in [3.05, 3.63) is 39.9 Å². The summed E-state index contributed by atoms with van der Waals surface area (Å²) >= 11 is 0. The first-order valence-electron chi connectivity index (χ1n) is 6.17. The van der Waals surface area contributed by atoms with Crippen molar-refractivity contribution in [2.24, 2.45) is 5.92 Å². The molecule has 0 radical (unpaired) electrons. The molecule has 2 rings (SSSR count). The van der Waals surface area contributed by atoms with Gasteiger partial charge in [-0.2, -0.15) is 0 Å². The van der Waals surface area contributed by atoms with Gasteiger partial charge < -0.3 is 5.32 Å². The van der Waals surface area contributed by atoms with E-state index in [-0.39, 0.29) is 10.6 Å². The summed E-state index contributed by atoms with van der Waals surface area (Å²) < 4.78 is 0. The molecule has 1 aromatic carbocycles. The molecular formula is C13H18N2O2. The summed E-state index contributed by atoms with van der Waals surface area (Å²) in [5.41, 5.74) is 1.32. The van der Waals surface area contributed by atoms with Gasteiger partial charge in [0, 0.05) is 12.1 Å². The number of benzene rings is 1. The summed E-state index contributed by atoms with van der Waals surface area (Å²) in [7, 11) is 0. The van der Waals surface area contributed by atoms with Crippen LogP contribution >= 0.6 is 0 Å². The first kappa shape index (κ1) is 12.0. The fourth-order valence-corrected chi connectivity index (χ4v) is 2.21. The molecule has 2 atom stereocenters. The zero-order chi connectivity index (χ0) is 12.3. The van der Waals surface area contributed by atoms with Crippen LogP contribution in [0.25, 0.3) is 0 Å². The van der Waals surface area contributed by atoms with Gasteiger partial charge in [-0.15, -0.1) is 0 Å². The molecule has 1 aromatic rings. The van der Waals surface area contributed by atoms with E-state index < -0.39 is 0 Å². The number of hydrogen-bond donors (Lipinski definition) is 1. The van der Waals surface area contributed by atoms with E-state index in [1.807, 2.05) is 6.07 Å². The Hall–Kier alpha value is -1.42. The third-order valence-electron chi connectivity index (χ3n) is 3.27. The lowest BCUT2D eigenvalue weighted by molar-refractivity contribution is -0.384. The molecule has 2 unspecified atom stereocenters. The van der Waals surface area contributed by atoms with Crippen molar-refractivity contribution in [2.75, 3.05) is 13.1 Å². The molecule has 0 bridgehead atoms. The third kappa shape index (κ3) is 3.03. The van der Waals surface area contributed by atoms with Gasteiger partial charge in [0.15, 0.2) is 0 Å². The molecule has 17 heavy (non-hydrogen) atoms. The molecule has 0 spiro atoms. The summed E-state index contributed by atoms with van der Waals surface area (Å²) in [5, 5.41) is 14.1. The number of hydrogen-bond acceptors (Lipinski definition) is 3. The molecule has 0 heterocycles. The Balaban J connectivity index is 1.92. The summed E-state index contributed by atoms with van der Waals surface area (Å²) in [6.07, 6.45) is 2.30. The van der Waals surface area contributed by atoms with Crippen LogP contribution in [-0.2, 0) is 0 Å². The quantitative estimate of drug-likeness (QED) is 0.467. The number of nitro benzene ring substituents is 1. The normalized spacial score (nSPS) is 22.4. The summed E-state index contributed by atoms with van der Waals surface area (Å²) in [4.78, 5) is 10.4. The Labute approximate surface area is 101 Å². The Bertz CT molecular complexity index is 406. The van der Waals surface area contributed by atoms with Crippen molar-refractivity contribution in [2.45, 2.75) is 25.7 Å². The third-order valence-corrected chi connectivity index (χ3v) is 3.27. The largest absolute Gasteiger partial charge is 0.316 e.